The van der Waals surface area contributed by atoms with Gasteiger partial charge >= 0.3 is 12.4 Å². The van der Waals surface area contributed by atoms with Crippen molar-refractivity contribution in [3.8, 4) is 0 Å². The molecule has 1 aromatic heterocycles. The van der Waals surface area contributed by atoms with Crippen molar-refractivity contribution in [2.75, 3.05) is 0 Å². The second-order valence-corrected chi connectivity index (χ2v) is 7.31. The molecule has 0 radical (unpaired) electrons. The minimum Gasteiger partial charge on any atom is -0.309 e. The van der Waals surface area contributed by atoms with Crippen LogP contribution < -0.4 is 5.32 Å². The Labute approximate surface area is 167 Å². The summed E-state index contributed by atoms with van der Waals surface area (Å²) in [6.07, 6.45) is -7.32. The van der Waals surface area contributed by atoms with Crippen LogP contribution in [0.3, 0.4) is 0 Å². The number of nitrogens with one attached hydrogen (secondary N) is 1. The number of rotatable bonds is 1. The molecule has 1 amide bonds. The number of halogens is 6. The van der Waals surface area contributed by atoms with Gasteiger partial charge in [-0.25, -0.2) is 0 Å². The average molecular weight is 427 g/mol. The molecule has 30 heavy (non-hydrogen) atoms. The summed E-state index contributed by atoms with van der Waals surface area (Å²) in [5, 5.41) is 2.41. The second-order valence-electron chi connectivity index (χ2n) is 7.31. The monoisotopic (exact) mass is 427 g/mol. The summed E-state index contributed by atoms with van der Waals surface area (Å²) < 4.78 is 79.2. The van der Waals surface area contributed by atoms with Crippen molar-refractivity contribution in [3.05, 3.63) is 64.5 Å². The van der Waals surface area contributed by atoms with Crippen molar-refractivity contribution < 1.29 is 31.1 Å². The van der Waals surface area contributed by atoms with Crippen LogP contribution in [0.25, 0.3) is 0 Å². The van der Waals surface area contributed by atoms with Gasteiger partial charge in [0.2, 0.25) is 5.91 Å². The van der Waals surface area contributed by atoms with Crippen LogP contribution in [0.2, 0.25) is 0 Å². The zero-order chi connectivity index (χ0) is 21.9. The molecule has 4 rings (SSSR count). The summed E-state index contributed by atoms with van der Waals surface area (Å²) in [4.78, 5) is 20.9. The maximum absolute atomic E-state index is 13.4. The molecule has 2 atom stereocenters. The number of carbonyl (C=O) groups excluding carboxylic acids is 1. The van der Waals surface area contributed by atoms with E-state index in [4.69, 9.17) is 0 Å². The lowest BCUT2D eigenvalue weighted by Crippen LogP contribution is -2.52. The topological polar surface area (TPSA) is 54.4 Å². The maximum Gasteiger partial charge on any atom is 0.416 e. The third-order valence-corrected chi connectivity index (χ3v) is 5.56. The summed E-state index contributed by atoms with van der Waals surface area (Å²) in [6, 6.07) is 3.71. The highest BCUT2D eigenvalue weighted by Gasteiger charge is 2.52. The number of aliphatic imine (C=N–C) groups is 1. The zero-order valence-corrected chi connectivity index (χ0v) is 15.5. The van der Waals surface area contributed by atoms with Crippen molar-refractivity contribution in [2.45, 2.75) is 43.6 Å². The molecule has 10 heteroatoms. The summed E-state index contributed by atoms with van der Waals surface area (Å²) >= 11 is 0. The predicted molar refractivity (Wildman–Crippen MR) is 95.0 cm³/mol. The van der Waals surface area contributed by atoms with E-state index in [1.165, 1.54) is 6.20 Å². The summed E-state index contributed by atoms with van der Waals surface area (Å²) in [6.45, 7) is 0.808. The fraction of sp³-hybridized carbons (Fsp3) is 0.350. The Hall–Kier alpha value is -2.91. The number of hydrogen-bond donors (Lipinski definition) is 1. The Morgan fingerprint density at radius 1 is 1.13 bits per heavy atom. The molecule has 4 nitrogen and oxygen atoms in total. The van der Waals surface area contributed by atoms with E-state index in [2.05, 4.69) is 15.3 Å². The van der Waals surface area contributed by atoms with Crippen LogP contribution in [0.5, 0.6) is 0 Å². The van der Waals surface area contributed by atoms with Gasteiger partial charge in [0.05, 0.1) is 5.56 Å². The van der Waals surface area contributed by atoms with Crippen LogP contribution in [0.4, 0.5) is 26.3 Å². The first kappa shape index (κ1) is 20.4. The molecule has 1 aliphatic heterocycles. The van der Waals surface area contributed by atoms with E-state index in [-0.39, 0.29) is 17.5 Å². The molecule has 0 bridgehead atoms. The molecule has 0 saturated heterocycles. The number of hydrogen-bond acceptors (Lipinski definition) is 3. The number of fused-ring (bicyclic) bond motifs is 4. The highest BCUT2D eigenvalue weighted by atomic mass is 19.4. The number of amidine groups is 1. The molecule has 1 spiro atoms. The largest absolute Gasteiger partial charge is 0.416 e. The highest BCUT2D eigenvalue weighted by molar-refractivity contribution is 6.17. The van der Waals surface area contributed by atoms with Crippen LogP contribution in [0.1, 0.15) is 41.3 Å². The molecule has 0 unspecified atom stereocenters. The first-order chi connectivity index (χ1) is 13.9. The molecular weight excluding hydrogens is 412 g/mol. The molecule has 0 saturated carbocycles. The van der Waals surface area contributed by atoms with Crippen LogP contribution in [-0.4, -0.2) is 28.9 Å². The van der Waals surface area contributed by atoms with Gasteiger partial charge in [0, 0.05) is 17.5 Å². The Morgan fingerprint density at radius 2 is 1.87 bits per heavy atom. The normalized spacial score (nSPS) is 23.3. The fourth-order valence-electron chi connectivity index (χ4n) is 4.03. The van der Waals surface area contributed by atoms with Crippen LogP contribution in [-0.2, 0) is 22.8 Å². The Kier molecular flexibility index (Phi) is 4.44. The standard InChI is InChI=1S/C20H15F6N3O/c1-10(19(21,22)23)28-16-12-5-4-11(20(24,25)26)9-14(12)18(17(30)29-16)7-6-15-13(18)3-2-8-27-15/h2-5,8-10H,6-7H2,1H3,(H,28,29,30)/t10-,18-/m0/s1. The lowest BCUT2D eigenvalue weighted by atomic mass is 9.70. The number of nitrogens with zero attached hydrogens (tertiary/aromatic N) is 2. The van der Waals surface area contributed by atoms with Gasteiger partial charge in [-0.3, -0.25) is 14.8 Å². The number of alkyl halides is 6. The van der Waals surface area contributed by atoms with Gasteiger partial charge in [-0.05, 0) is 49.1 Å². The Balaban J connectivity index is 1.98. The van der Waals surface area contributed by atoms with Crippen LogP contribution in [0, 0.1) is 0 Å². The van der Waals surface area contributed by atoms with E-state index in [0.717, 1.165) is 25.1 Å². The summed E-state index contributed by atoms with van der Waals surface area (Å²) in [7, 11) is 0. The van der Waals surface area contributed by atoms with Crippen molar-refractivity contribution in [1.29, 1.82) is 0 Å². The Bertz CT molecular complexity index is 1060. The van der Waals surface area contributed by atoms with Gasteiger partial charge in [-0.15, -0.1) is 0 Å². The van der Waals surface area contributed by atoms with E-state index in [9.17, 15) is 31.1 Å². The summed E-state index contributed by atoms with van der Waals surface area (Å²) in [5.41, 5.74) is -1.42. The lowest BCUT2D eigenvalue weighted by Gasteiger charge is -2.36. The fourth-order valence-corrected chi connectivity index (χ4v) is 4.03. The van der Waals surface area contributed by atoms with Gasteiger partial charge in [0.1, 0.15) is 17.3 Å². The Morgan fingerprint density at radius 3 is 2.53 bits per heavy atom. The minimum atomic E-state index is -4.68. The van der Waals surface area contributed by atoms with Gasteiger partial charge in [-0.2, -0.15) is 26.3 Å². The number of amides is 1. The molecule has 1 aliphatic carbocycles. The first-order valence-electron chi connectivity index (χ1n) is 9.07. The molecule has 1 N–H and O–H groups in total. The van der Waals surface area contributed by atoms with Gasteiger partial charge in [-0.1, -0.05) is 12.1 Å². The molecule has 1 aromatic carbocycles. The highest BCUT2D eigenvalue weighted by Crippen LogP contribution is 2.48. The van der Waals surface area contributed by atoms with Gasteiger partial charge in [0.15, 0.2) is 0 Å². The maximum atomic E-state index is 13.4. The number of aryl methyl sites for hydroxylation is 1. The van der Waals surface area contributed by atoms with Crippen molar-refractivity contribution >= 4 is 11.7 Å². The molecule has 0 fully saturated rings. The molecule has 158 valence electrons. The second kappa shape index (κ2) is 6.55. The number of carbonyl (C=O) groups is 1. The summed E-state index contributed by atoms with van der Waals surface area (Å²) in [5.74, 6) is -1.11. The van der Waals surface area contributed by atoms with Crippen molar-refractivity contribution in [2.24, 2.45) is 4.99 Å². The molecular formula is C20H15F6N3O. The van der Waals surface area contributed by atoms with Crippen LogP contribution >= 0.6 is 0 Å². The molecule has 2 heterocycles. The average Bonchev–Trinajstić information content (AvgIpc) is 3.05. The smallest absolute Gasteiger partial charge is 0.309 e. The quantitative estimate of drug-likeness (QED) is 0.695. The van der Waals surface area contributed by atoms with E-state index < -0.39 is 41.1 Å². The van der Waals surface area contributed by atoms with E-state index in [0.29, 0.717) is 17.7 Å². The van der Waals surface area contributed by atoms with E-state index >= 15 is 0 Å². The number of aromatic nitrogens is 1. The van der Waals surface area contributed by atoms with Crippen molar-refractivity contribution in [1.82, 2.24) is 10.3 Å². The predicted octanol–water partition coefficient (Wildman–Crippen LogP) is 4.16. The van der Waals surface area contributed by atoms with Crippen LogP contribution in [0.15, 0.2) is 41.5 Å². The van der Waals surface area contributed by atoms with E-state index in [1.54, 1.807) is 12.1 Å². The van der Waals surface area contributed by atoms with Gasteiger partial charge in [0.25, 0.3) is 0 Å². The minimum absolute atomic E-state index is 0.0130. The van der Waals surface area contributed by atoms with Gasteiger partial charge < -0.3 is 5.32 Å². The molecule has 2 aromatic rings. The number of pyridine rings is 1. The SMILES string of the molecule is C[C@H](N=C1NC(=O)[C@]2(CCc3ncccc32)c2cc(C(F)(F)F)ccc21)C(F)(F)F. The van der Waals surface area contributed by atoms with Crippen molar-refractivity contribution in [3.63, 3.8) is 0 Å². The van der Waals surface area contributed by atoms with E-state index in [1.807, 2.05) is 0 Å². The lowest BCUT2D eigenvalue weighted by molar-refractivity contribution is -0.143. The number of benzene rings is 1. The first-order valence-corrected chi connectivity index (χ1v) is 9.07. The molecule has 2 aliphatic rings. The third kappa shape index (κ3) is 3.05. The third-order valence-electron chi connectivity index (χ3n) is 5.56. The zero-order valence-electron chi connectivity index (χ0n) is 15.5.